The molecule has 0 saturated heterocycles. The maximum Gasteiger partial charge on any atom is 0.159 e. The maximum absolute atomic E-state index is 6.08. The lowest BCUT2D eigenvalue weighted by Crippen LogP contribution is -2.03. The van der Waals surface area contributed by atoms with Crippen LogP contribution in [-0.2, 0) is 13.0 Å². The number of fused-ring (bicyclic) bond motifs is 1. The number of hydrogen-bond acceptors (Lipinski definition) is 4. The van der Waals surface area contributed by atoms with E-state index in [9.17, 15) is 0 Å². The molecule has 0 amide bonds. The van der Waals surface area contributed by atoms with E-state index in [1.165, 1.54) is 10.4 Å². The van der Waals surface area contributed by atoms with Gasteiger partial charge >= 0.3 is 0 Å². The first kappa shape index (κ1) is 13.3. The summed E-state index contributed by atoms with van der Waals surface area (Å²) in [5, 5.41) is 16.0. The molecule has 0 aliphatic carbocycles. The van der Waals surface area contributed by atoms with Crippen molar-refractivity contribution in [1.82, 2.24) is 10.2 Å². The topological polar surface area (TPSA) is 37.8 Å². The van der Waals surface area contributed by atoms with Crippen molar-refractivity contribution in [1.29, 1.82) is 0 Å². The van der Waals surface area contributed by atoms with Crippen LogP contribution >= 0.6 is 22.9 Å². The molecule has 20 heavy (non-hydrogen) atoms. The molecular formula is C15H14ClN3S. The second-order valence-corrected chi connectivity index (χ2v) is 5.82. The zero-order valence-corrected chi connectivity index (χ0v) is 12.6. The van der Waals surface area contributed by atoms with Gasteiger partial charge in [-0.3, -0.25) is 0 Å². The molecule has 0 bridgehead atoms. The van der Waals surface area contributed by atoms with Crippen LogP contribution in [0.5, 0.6) is 0 Å². The summed E-state index contributed by atoms with van der Waals surface area (Å²) in [6.07, 6.45) is 1.05. The minimum Gasteiger partial charge on any atom is -0.363 e. The van der Waals surface area contributed by atoms with Gasteiger partial charge < -0.3 is 5.32 Å². The smallest absolute Gasteiger partial charge is 0.159 e. The predicted molar refractivity (Wildman–Crippen MR) is 85.6 cm³/mol. The first-order valence-corrected chi connectivity index (χ1v) is 7.75. The summed E-state index contributed by atoms with van der Waals surface area (Å²) in [6.45, 7) is 2.93. The molecule has 0 radical (unpaired) electrons. The van der Waals surface area contributed by atoms with E-state index in [1.807, 2.05) is 24.3 Å². The van der Waals surface area contributed by atoms with Crippen molar-refractivity contribution in [2.75, 3.05) is 5.32 Å². The Bertz CT molecular complexity index is 739. The lowest BCUT2D eigenvalue weighted by Gasteiger charge is -2.08. The van der Waals surface area contributed by atoms with Crippen molar-refractivity contribution in [2.24, 2.45) is 0 Å². The number of aryl methyl sites for hydroxylation is 1. The number of thiophene rings is 1. The molecule has 0 atom stereocenters. The highest BCUT2D eigenvalue weighted by Crippen LogP contribution is 2.26. The Morgan fingerprint density at radius 2 is 1.95 bits per heavy atom. The van der Waals surface area contributed by atoms with Crippen LogP contribution in [0, 0.1) is 0 Å². The van der Waals surface area contributed by atoms with Gasteiger partial charge in [-0.05, 0) is 23.4 Å². The Balaban J connectivity index is 1.90. The minimum atomic E-state index is 0.441. The highest BCUT2D eigenvalue weighted by atomic mass is 35.5. The van der Waals surface area contributed by atoms with E-state index in [4.69, 9.17) is 11.6 Å². The highest BCUT2D eigenvalue weighted by molar-refractivity contribution is 7.10. The number of nitrogens with zero attached hydrogens (tertiary/aromatic N) is 2. The third-order valence-electron chi connectivity index (χ3n) is 3.28. The number of aromatic nitrogens is 2. The standard InChI is InChI=1S/C15H14ClN3S/c1-2-10-7-8-20-13(10)9-17-15-12-6-4-3-5-11(12)14(16)18-19-15/h3-8H,2,9H2,1H3,(H,17,19). The SMILES string of the molecule is CCc1ccsc1CNc1nnc(Cl)c2ccccc12. The van der Waals surface area contributed by atoms with Gasteiger partial charge in [-0.1, -0.05) is 42.8 Å². The molecule has 0 spiro atoms. The first-order chi connectivity index (χ1) is 9.79. The summed E-state index contributed by atoms with van der Waals surface area (Å²) in [7, 11) is 0. The largest absolute Gasteiger partial charge is 0.363 e. The van der Waals surface area contributed by atoms with E-state index in [2.05, 4.69) is 33.9 Å². The summed E-state index contributed by atoms with van der Waals surface area (Å²) in [4.78, 5) is 1.34. The summed E-state index contributed by atoms with van der Waals surface area (Å²) in [5.41, 5.74) is 1.38. The van der Waals surface area contributed by atoms with Crippen molar-refractivity contribution in [3.05, 3.63) is 51.3 Å². The Morgan fingerprint density at radius 3 is 2.75 bits per heavy atom. The van der Waals surface area contributed by atoms with E-state index in [0.29, 0.717) is 5.15 Å². The molecule has 3 rings (SSSR count). The molecular weight excluding hydrogens is 290 g/mol. The molecule has 3 nitrogen and oxygen atoms in total. The van der Waals surface area contributed by atoms with Crippen LogP contribution in [0.25, 0.3) is 10.8 Å². The average molecular weight is 304 g/mol. The minimum absolute atomic E-state index is 0.441. The lowest BCUT2D eigenvalue weighted by molar-refractivity contribution is 1.01. The fourth-order valence-electron chi connectivity index (χ4n) is 2.20. The second-order valence-electron chi connectivity index (χ2n) is 4.46. The fraction of sp³-hybridized carbons (Fsp3) is 0.200. The molecule has 5 heteroatoms. The second kappa shape index (κ2) is 5.77. The molecule has 0 aliphatic rings. The zero-order chi connectivity index (χ0) is 13.9. The van der Waals surface area contributed by atoms with Crippen molar-refractivity contribution < 1.29 is 0 Å². The Kier molecular flexibility index (Phi) is 3.85. The Hall–Kier alpha value is -1.65. The first-order valence-electron chi connectivity index (χ1n) is 6.49. The molecule has 2 heterocycles. The molecule has 102 valence electrons. The van der Waals surface area contributed by atoms with E-state index >= 15 is 0 Å². The van der Waals surface area contributed by atoms with E-state index in [1.54, 1.807) is 11.3 Å². The Labute approximate surface area is 126 Å². The number of hydrogen-bond donors (Lipinski definition) is 1. The van der Waals surface area contributed by atoms with Gasteiger partial charge in [0.15, 0.2) is 11.0 Å². The monoisotopic (exact) mass is 303 g/mol. The summed E-state index contributed by atoms with van der Waals surface area (Å²) in [6, 6.07) is 10.1. The number of benzene rings is 1. The normalized spacial score (nSPS) is 10.9. The van der Waals surface area contributed by atoms with E-state index in [0.717, 1.165) is 29.6 Å². The van der Waals surface area contributed by atoms with Crippen molar-refractivity contribution >= 4 is 39.5 Å². The number of halogens is 1. The number of nitrogens with one attached hydrogen (secondary N) is 1. The Morgan fingerprint density at radius 1 is 1.15 bits per heavy atom. The summed E-state index contributed by atoms with van der Waals surface area (Å²) >= 11 is 7.84. The molecule has 0 fully saturated rings. The van der Waals surface area contributed by atoms with Crippen molar-refractivity contribution in [3.8, 4) is 0 Å². The van der Waals surface area contributed by atoms with Crippen LogP contribution in [0.2, 0.25) is 5.15 Å². The molecule has 2 aromatic heterocycles. The van der Waals surface area contributed by atoms with Gasteiger partial charge in [0.25, 0.3) is 0 Å². The molecule has 0 unspecified atom stereocenters. The third kappa shape index (κ3) is 2.49. The number of anilines is 1. The van der Waals surface area contributed by atoms with Crippen LogP contribution in [0.4, 0.5) is 5.82 Å². The highest BCUT2D eigenvalue weighted by Gasteiger charge is 2.08. The quantitative estimate of drug-likeness (QED) is 0.770. The number of rotatable bonds is 4. The lowest BCUT2D eigenvalue weighted by atomic mass is 10.2. The van der Waals surface area contributed by atoms with Gasteiger partial charge in [0, 0.05) is 15.6 Å². The molecule has 0 aliphatic heterocycles. The van der Waals surface area contributed by atoms with Crippen molar-refractivity contribution in [3.63, 3.8) is 0 Å². The summed E-state index contributed by atoms with van der Waals surface area (Å²) in [5.74, 6) is 0.778. The van der Waals surface area contributed by atoms with Crippen LogP contribution < -0.4 is 5.32 Å². The third-order valence-corrected chi connectivity index (χ3v) is 4.52. The van der Waals surface area contributed by atoms with Gasteiger partial charge in [0.05, 0.1) is 6.54 Å². The average Bonchev–Trinajstić information content (AvgIpc) is 2.94. The molecule has 0 saturated carbocycles. The van der Waals surface area contributed by atoms with Crippen LogP contribution in [0.15, 0.2) is 35.7 Å². The van der Waals surface area contributed by atoms with E-state index < -0.39 is 0 Å². The van der Waals surface area contributed by atoms with Crippen LogP contribution in [-0.4, -0.2) is 10.2 Å². The maximum atomic E-state index is 6.08. The predicted octanol–water partition coefficient (Wildman–Crippen LogP) is 4.52. The zero-order valence-electron chi connectivity index (χ0n) is 11.1. The van der Waals surface area contributed by atoms with Gasteiger partial charge in [-0.15, -0.1) is 21.5 Å². The van der Waals surface area contributed by atoms with Gasteiger partial charge in [-0.25, -0.2) is 0 Å². The molecule has 3 aromatic rings. The molecule has 1 aromatic carbocycles. The van der Waals surface area contributed by atoms with Gasteiger partial charge in [-0.2, -0.15) is 0 Å². The summed E-state index contributed by atoms with van der Waals surface area (Å²) < 4.78 is 0. The van der Waals surface area contributed by atoms with Crippen LogP contribution in [0.1, 0.15) is 17.4 Å². The molecule has 1 N–H and O–H groups in total. The fourth-order valence-corrected chi connectivity index (χ4v) is 3.32. The van der Waals surface area contributed by atoms with E-state index in [-0.39, 0.29) is 0 Å². The van der Waals surface area contributed by atoms with Gasteiger partial charge in [0.1, 0.15) is 0 Å². The van der Waals surface area contributed by atoms with Crippen LogP contribution in [0.3, 0.4) is 0 Å². The van der Waals surface area contributed by atoms with Crippen molar-refractivity contribution in [2.45, 2.75) is 19.9 Å². The van der Waals surface area contributed by atoms with Gasteiger partial charge in [0.2, 0.25) is 0 Å².